The lowest BCUT2D eigenvalue weighted by molar-refractivity contribution is -0.159. The molecule has 2 amide bonds. The molecule has 212 valence electrons. The fourth-order valence-electron chi connectivity index (χ4n) is 6.05. The fourth-order valence-corrected chi connectivity index (χ4v) is 6.24. The summed E-state index contributed by atoms with van der Waals surface area (Å²) in [6.07, 6.45) is 7.16. The third-order valence-electron chi connectivity index (χ3n) is 7.99. The van der Waals surface area contributed by atoms with Crippen molar-refractivity contribution in [3.05, 3.63) is 41.4 Å². The lowest BCUT2D eigenvalue weighted by atomic mass is 9.85. The quantitative estimate of drug-likeness (QED) is 0.202. The van der Waals surface area contributed by atoms with Crippen molar-refractivity contribution >= 4 is 41.0 Å². The molecule has 10 nitrogen and oxygen atoms in total. The average Bonchev–Trinajstić information content (AvgIpc) is 3.60. The Morgan fingerprint density at radius 1 is 1.00 bits per heavy atom. The van der Waals surface area contributed by atoms with Crippen LogP contribution in [-0.4, -0.2) is 95.7 Å². The smallest absolute Gasteiger partial charge is 0.414 e. The highest BCUT2D eigenvalue weighted by atomic mass is 35.5. The van der Waals surface area contributed by atoms with E-state index in [1.807, 2.05) is 18.2 Å². The number of anilines is 1. The first-order valence-corrected chi connectivity index (χ1v) is 13.9. The molecule has 2 bridgehead atoms. The van der Waals surface area contributed by atoms with Gasteiger partial charge in [0.1, 0.15) is 0 Å². The van der Waals surface area contributed by atoms with Crippen LogP contribution in [0.4, 0.5) is 5.69 Å². The molecule has 0 aromatic heterocycles. The van der Waals surface area contributed by atoms with Gasteiger partial charge in [0.05, 0.1) is 24.5 Å². The summed E-state index contributed by atoms with van der Waals surface area (Å²) in [5, 5.41) is 15.5. The van der Waals surface area contributed by atoms with Crippen LogP contribution in [0.25, 0.3) is 0 Å². The van der Waals surface area contributed by atoms with Gasteiger partial charge in [-0.25, -0.2) is 9.59 Å². The number of ether oxygens (including phenoxy) is 1. The van der Waals surface area contributed by atoms with Crippen LogP contribution in [-0.2, 0) is 23.9 Å². The largest absolute Gasteiger partial charge is 0.473 e. The lowest BCUT2D eigenvalue weighted by Gasteiger charge is -2.38. The first kappa shape index (κ1) is 29.0. The number of rotatable bonds is 9. The maximum absolute atomic E-state index is 13.2. The molecule has 2 N–H and O–H groups in total. The Morgan fingerprint density at radius 2 is 1.62 bits per heavy atom. The summed E-state index contributed by atoms with van der Waals surface area (Å²) in [7, 11) is 0. The molecule has 4 aliphatic rings. The number of imide groups is 1. The number of carboxylic acid groups (broad SMARTS) is 2. The number of carboxylic acids is 2. The van der Waals surface area contributed by atoms with Crippen molar-refractivity contribution in [2.45, 2.75) is 32.3 Å². The number of hydrogen-bond donors (Lipinski definition) is 2. The third kappa shape index (κ3) is 6.80. The van der Waals surface area contributed by atoms with Crippen LogP contribution in [0.3, 0.4) is 0 Å². The summed E-state index contributed by atoms with van der Waals surface area (Å²) in [6, 6.07) is 8.00. The summed E-state index contributed by atoms with van der Waals surface area (Å²) >= 11 is 6.17. The fraction of sp³-hybridized carbons (Fsp3) is 0.571. The monoisotopic (exact) mass is 561 g/mol. The van der Waals surface area contributed by atoms with Gasteiger partial charge in [-0.2, -0.15) is 0 Å². The van der Waals surface area contributed by atoms with Gasteiger partial charge in [-0.15, -0.1) is 0 Å². The van der Waals surface area contributed by atoms with Crippen LogP contribution in [0.1, 0.15) is 26.2 Å². The Labute approximate surface area is 233 Å². The Hall–Kier alpha value is -2.95. The van der Waals surface area contributed by atoms with Crippen LogP contribution < -0.4 is 4.90 Å². The number of aliphatic carboxylic acids is 2. The number of carbonyl (C=O) groups is 4. The first-order chi connectivity index (χ1) is 18.7. The number of likely N-dealkylation sites (tertiary alicyclic amines) is 1. The molecule has 3 unspecified atom stereocenters. The minimum atomic E-state index is -1.82. The molecule has 2 heterocycles. The van der Waals surface area contributed by atoms with E-state index in [9.17, 15) is 9.59 Å². The number of halogens is 1. The highest BCUT2D eigenvalue weighted by Gasteiger charge is 2.59. The summed E-state index contributed by atoms with van der Waals surface area (Å²) in [4.78, 5) is 50.8. The molecule has 11 heteroatoms. The van der Waals surface area contributed by atoms with Gasteiger partial charge in [-0.3, -0.25) is 19.4 Å². The Morgan fingerprint density at radius 3 is 2.15 bits per heavy atom. The second kappa shape index (κ2) is 12.9. The van der Waals surface area contributed by atoms with E-state index in [0.717, 1.165) is 62.7 Å². The van der Waals surface area contributed by atoms with Gasteiger partial charge < -0.3 is 19.8 Å². The van der Waals surface area contributed by atoms with E-state index in [2.05, 4.69) is 34.9 Å². The van der Waals surface area contributed by atoms with E-state index in [0.29, 0.717) is 13.2 Å². The molecule has 0 spiro atoms. The number of nitrogens with zero attached hydrogens (tertiary/aromatic N) is 3. The van der Waals surface area contributed by atoms with Gasteiger partial charge in [0.2, 0.25) is 11.8 Å². The number of fused-ring (bicyclic) bond motifs is 5. The zero-order chi connectivity index (χ0) is 28.1. The number of allylic oxidation sites excluding steroid dienone is 2. The number of benzene rings is 1. The molecular weight excluding hydrogens is 526 g/mol. The van der Waals surface area contributed by atoms with E-state index in [4.69, 9.17) is 36.1 Å². The summed E-state index contributed by atoms with van der Waals surface area (Å²) < 4.78 is 6.23. The molecule has 2 aliphatic heterocycles. The average molecular weight is 562 g/mol. The van der Waals surface area contributed by atoms with Crippen LogP contribution >= 0.6 is 11.6 Å². The topological polar surface area (TPSA) is 128 Å². The van der Waals surface area contributed by atoms with Crippen LogP contribution in [0.2, 0.25) is 5.02 Å². The Bertz CT molecular complexity index is 1060. The molecule has 1 aromatic carbocycles. The second-order valence-corrected chi connectivity index (χ2v) is 10.9. The third-order valence-corrected chi connectivity index (χ3v) is 8.22. The van der Waals surface area contributed by atoms with Gasteiger partial charge in [-0.1, -0.05) is 43.2 Å². The van der Waals surface area contributed by atoms with Crippen LogP contribution in [0, 0.1) is 23.7 Å². The Balaban J connectivity index is 0.000000531. The number of carbonyl (C=O) groups excluding carboxylic acids is 2. The maximum Gasteiger partial charge on any atom is 0.414 e. The predicted molar refractivity (Wildman–Crippen MR) is 144 cm³/mol. The minimum Gasteiger partial charge on any atom is -0.473 e. The zero-order valence-corrected chi connectivity index (χ0v) is 22.8. The maximum atomic E-state index is 13.2. The van der Waals surface area contributed by atoms with Gasteiger partial charge in [0.25, 0.3) is 0 Å². The normalized spacial score (nSPS) is 26.4. The minimum absolute atomic E-state index is 0.0247. The summed E-state index contributed by atoms with van der Waals surface area (Å²) in [6.45, 7) is 7.60. The van der Waals surface area contributed by atoms with Crippen molar-refractivity contribution in [3.8, 4) is 0 Å². The predicted octanol–water partition coefficient (Wildman–Crippen LogP) is 2.61. The zero-order valence-electron chi connectivity index (χ0n) is 22.1. The van der Waals surface area contributed by atoms with E-state index < -0.39 is 11.9 Å². The molecule has 1 aromatic rings. The molecule has 1 saturated carbocycles. The number of piperazine rings is 1. The molecule has 3 fully saturated rings. The van der Waals surface area contributed by atoms with Crippen molar-refractivity contribution in [1.82, 2.24) is 9.80 Å². The van der Waals surface area contributed by atoms with Gasteiger partial charge >= 0.3 is 11.9 Å². The molecule has 5 rings (SSSR count). The van der Waals surface area contributed by atoms with Crippen molar-refractivity contribution in [1.29, 1.82) is 0 Å². The van der Waals surface area contributed by atoms with Crippen LogP contribution in [0.5, 0.6) is 0 Å². The molecule has 0 radical (unpaired) electrons. The highest BCUT2D eigenvalue weighted by molar-refractivity contribution is 6.30. The van der Waals surface area contributed by atoms with Crippen molar-refractivity contribution in [3.63, 3.8) is 0 Å². The molecule has 39 heavy (non-hydrogen) atoms. The second-order valence-electron chi connectivity index (χ2n) is 10.5. The standard InChI is InChI=1S/C26H34ClN3O3.C2H2O4/c1-2-3-13-33-22(16-28-9-11-29(12-10-28)21-6-4-5-20(27)15-21)17-30-25(31)23-18-7-8-19(14-18)24(23)26(30)32;3-1(4)2(5)6/h4-8,15,18-19,22-24H,2-3,9-14,16-17H2,1H3;(H,3,4)(H,5,6)/t18-,19?,22?,23-,24?;/m0./s1. The van der Waals surface area contributed by atoms with Gasteiger partial charge in [-0.05, 0) is 42.9 Å². The van der Waals surface area contributed by atoms with Gasteiger partial charge in [0, 0.05) is 50.0 Å². The van der Waals surface area contributed by atoms with Crippen molar-refractivity contribution in [2.24, 2.45) is 23.7 Å². The molecule has 2 saturated heterocycles. The van der Waals surface area contributed by atoms with E-state index in [1.54, 1.807) is 0 Å². The van der Waals surface area contributed by atoms with E-state index in [1.165, 1.54) is 4.90 Å². The summed E-state index contributed by atoms with van der Waals surface area (Å²) in [5.74, 6) is -3.37. The molecular formula is C28H36ClN3O7. The molecule has 2 aliphatic carbocycles. The van der Waals surface area contributed by atoms with Gasteiger partial charge in [0.15, 0.2) is 0 Å². The number of amides is 2. The Kier molecular flexibility index (Phi) is 9.63. The number of hydrogen-bond acceptors (Lipinski definition) is 7. The van der Waals surface area contributed by atoms with Crippen LogP contribution in [0.15, 0.2) is 36.4 Å². The first-order valence-electron chi connectivity index (χ1n) is 13.5. The van der Waals surface area contributed by atoms with E-state index in [-0.39, 0.29) is 41.6 Å². The van der Waals surface area contributed by atoms with Crippen molar-refractivity contribution in [2.75, 3.05) is 50.8 Å². The molecule has 5 atom stereocenters. The lowest BCUT2D eigenvalue weighted by Crippen LogP contribution is -2.51. The SMILES string of the molecule is CCCCOC(CN1CCN(c2cccc(Cl)c2)CC1)CN1C(=O)C2C3C=C[C@@H](C3)[C@@H]2C1=O.O=C(O)C(=O)O. The summed E-state index contributed by atoms with van der Waals surface area (Å²) in [5.41, 5.74) is 1.15. The van der Waals surface area contributed by atoms with E-state index >= 15 is 0 Å². The highest BCUT2D eigenvalue weighted by Crippen LogP contribution is 2.52. The number of unbranched alkanes of at least 4 members (excludes halogenated alkanes) is 1. The van der Waals surface area contributed by atoms with Crippen molar-refractivity contribution < 1.29 is 34.1 Å².